The fourth-order valence-corrected chi connectivity index (χ4v) is 2.41. The van der Waals surface area contributed by atoms with Crippen molar-refractivity contribution in [1.29, 1.82) is 0 Å². The molecule has 0 amide bonds. The van der Waals surface area contributed by atoms with Crippen LogP contribution in [0.25, 0.3) is 22.0 Å². The van der Waals surface area contributed by atoms with Gasteiger partial charge in [0, 0.05) is 16.5 Å². The molecule has 0 aliphatic heterocycles. The van der Waals surface area contributed by atoms with Gasteiger partial charge in [0.25, 0.3) is 0 Å². The minimum Gasteiger partial charge on any atom is -0.478 e. The van der Waals surface area contributed by atoms with E-state index in [9.17, 15) is 14.7 Å². The number of aromatic amines is 1. The number of benzene rings is 2. The summed E-state index contributed by atoms with van der Waals surface area (Å²) in [6.07, 6.45) is 0. The molecule has 0 atom stereocenters. The van der Waals surface area contributed by atoms with Gasteiger partial charge in [-0.3, -0.25) is 0 Å². The molecule has 3 aromatic rings. The average Bonchev–Trinajstić information content (AvgIpc) is 2.87. The normalized spacial score (nSPS) is 10.7. The van der Waals surface area contributed by atoms with Crippen LogP contribution < -0.4 is 0 Å². The third-order valence-electron chi connectivity index (χ3n) is 3.32. The number of H-pyrrole nitrogens is 1. The van der Waals surface area contributed by atoms with E-state index in [0.29, 0.717) is 16.6 Å². The number of fused-ring (bicyclic) bond motifs is 1. The predicted molar refractivity (Wildman–Crippen MR) is 77.7 cm³/mol. The molecule has 3 N–H and O–H groups in total. The Labute approximate surface area is 119 Å². The van der Waals surface area contributed by atoms with Crippen molar-refractivity contribution in [2.24, 2.45) is 0 Å². The lowest BCUT2D eigenvalue weighted by molar-refractivity contribution is 0.0684. The maximum absolute atomic E-state index is 11.4. The van der Waals surface area contributed by atoms with Gasteiger partial charge in [-0.1, -0.05) is 30.3 Å². The number of aromatic nitrogens is 1. The van der Waals surface area contributed by atoms with Gasteiger partial charge in [-0.25, -0.2) is 9.59 Å². The van der Waals surface area contributed by atoms with E-state index in [1.54, 1.807) is 24.3 Å². The summed E-state index contributed by atoms with van der Waals surface area (Å²) < 4.78 is 0. The van der Waals surface area contributed by atoms with E-state index in [1.807, 2.05) is 12.1 Å². The molecule has 0 aliphatic carbocycles. The number of rotatable bonds is 3. The monoisotopic (exact) mass is 281 g/mol. The molecule has 104 valence electrons. The summed E-state index contributed by atoms with van der Waals surface area (Å²) in [5.74, 6) is -2.13. The molecule has 2 aromatic carbocycles. The standard InChI is InChI=1S/C16H11NO4/c18-15(19)10-5-3-4-9(8-10)13-11-6-1-2-7-12(11)17-14(13)16(20)21/h1-8,17H,(H,18,19)(H,20,21). The molecular weight excluding hydrogens is 270 g/mol. The van der Waals surface area contributed by atoms with Crippen molar-refractivity contribution in [2.45, 2.75) is 0 Å². The maximum Gasteiger partial charge on any atom is 0.352 e. The molecule has 0 unspecified atom stereocenters. The van der Waals surface area contributed by atoms with Gasteiger partial charge in [0.05, 0.1) is 5.56 Å². The van der Waals surface area contributed by atoms with Gasteiger partial charge in [-0.2, -0.15) is 0 Å². The fraction of sp³-hybridized carbons (Fsp3) is 0. The van der Waals surface area contributed by atoms with Crippen LogP contribution in [-0.4, -0.2) is 27.1 Å². The van der Waals surface area contributed by atoms with E-state index >= 15 is 0 Å². The van der Waals surface area contributed by atoms with E-state index in [4.69, 9.17) is 5.11 Å². The number of para-hydroxylation sites is 1. The quantitative estimate of drug-likeness (QED) is 0.687. The predicted octanol–water partition coefficient (Wildman–Crippen LogP) is 3.23. The van der Waals surface area contributed by atoms with Crippen LogP contribution in [0.3, 0.4) is 0 Å². The molecule has 21 heavy (non-hydrogen) atoms. The highest BCUT2D eigenvalue weighted by Crippen LogP contribution is 2.32. The van der Waals surface area contributed by atoms with Gasteiger partial charge in [0.2, 0.25) is 0 Å². The van der Waals surface area contributed by atoms with Gasteiger partial charge in [-0.05, 0) is 23.8 Å². The Bertz CT molecular complexity index is 864. The lowest BCUT2D eigenvalue weighted by Crippen LogP contribution is -2.00. The number of carbonyl (C=O) groups is 2. The molecule has 5 heteroatoms. The Morgan fingerprint density at radius 1 is 0.905 bits per heavy atom. The molecule has 0 spiro atoms. The summed E-state index contributed by atoms with van der Waals surface area (Å²) in [5, 5.41) is 19.2. The molecule has 0 radical (unpaired) electrons. The number of hydrogen-bond acceptors (Lipinski definition) is 2. The topological polar surface area (TPSA) is 90.4 Å². The van der Waals surface area contributed by atoms with E-state index in [-0.39, 0.29) is 11.3 Å². The van der Waals surface area contributed by atoms with Gasteiger partial charge in [0.15, 0.2) is 0 Å². The summed E-state index contributed by atoms with van der Waals surface area (Å²) in [4.78, 5) is 25.4. The van der Waals surface area contributed by atoms with Crippen LogP contribution in [0.2, 0.25) is 0 Å². The second-order valence-corrected chi connectivity index (χ2v) is 4.61. The van der Waals surface area contributed by atoms with E-state index in [2.05, 4.69) is 4.98 Å². The second-order valence-electron chi connectivity index (χ2n) is 4.61. The van der Waals surface area contributed by atoms with Gasteiger partial charge in [0.1, 0.15) is 5.69 Å². The first-order chi connectivity index (χ1) is 10.1. The zero-order chi connectivity index (χ0) is 15.0. The molecule has 5 nitrogen and oxygen atoms in total. The molecule has 0 saturated heterocycles. The summed E-state index contributed by atoms with van der Waals surface area (Å²) in [7, 11) is 0. The van der Waals surface area contributed by atoms with Crippen LogP contribution in [0.4, 0.5) is 0 Å². The molecule has 1 heterocycles. The highest BCUT2D eigenvalue weighted by atomic mass is 16.4. The van der Waals surface area contributed by atoms with Crippen LogP contribution in [0.15, 0.2) is 48.5 Å². The highest BCUT2D eigenvalue weighted by molar-refractivity contribution is 6.08. The summed E-state index contributed by atoms with van der Waals surface area (Å²) >= 11 is 0. The molecule has 3 rings (SSSR count). The van der Waals surface area contributed by atoms with Crippen molar-refractivity contribution in [3.05, 3.63) is 59.8 Å². The third-order valence-corrected chi connectivity index (χ3v) is 3.32. The molecule has 0 bridgehead atoms. The van der Waals surface area contributed by atoms with Gasteiger partial charge < -0.3 is 15.2 Å². The molecule has 0 aliphatic rings. The number of nitrogens with one attached hydrogen (secondary N) is 1. The smallest absolute Gasteiger partial charge is 0.352 e. The van der Waals surface area contributed by atoms with Crippen molar-refractivity contribution >= 4 is 22.8 Å². The van der Waals surface area contributed by atoms with Crippen molar-refractivity contribution in [1.82, 2.24) is 4.98 Å². The number of carboxylic acids is 2. The first-order valence-electron chi connectivity index (χ1n) is 6.25. The first-order valence-corrected chi connectivity index (χ1v) is 6.25. The minimum atomic E-state index is -1.08. The van der Waals surface area contributed by atoms with Crippen molar-refractivity contribution < 1.29 is 19.8 Å². The van der Waals surface area contributed by atoms with E-state index < -0.39 is 11.9 Å². The SMILES string of the molecule is O=C(O)c1cccc(-c2c(C(=O)O)[nH]c3ccccc23)c1. The van der Waals surface area contributed by atoms with Gasteiger partial charge >= 0.3 is 11.9 Å². The first kappa shape index (κ1) is 12.9. The van der Waals surface area contributed by atoms with E-state index in [1.165, 1.54) is 12.1 Å². The Morgan fingerprint density at radius 3 is 2.38 bits per heavy atom. The Morgan fingerprint density at radius 2 is 1.67 bits per heavy atom. The zero-order valence-electron chi connectivity index (χ0n) is 10.8. The lowest BCUT2D eigenvalue weighted by Gasteiger charge is -2.03. The van der Waals surface area contributed by atoms with Gasteiger partial charge in [-0.15, -0.1) is 0 Å². The molecule has 0 saturated carbocycles. The maximum atomic E-state index is 11.4. The minimum absolute atomic E-state index is 0.0544. The van der Waals surface area contributed by atoms with Crippen LogP contribution in [0.5, 0.6) is 0 Å². The highest BCUT2D eigenvalue weighted by Gasteiger charge is 2.19. The molecule has 0 fully saturated rings. The third kappa shape index (κ3) is 2.14. The van der Waals surface area contributed by atoms with E-state index in [0.717, 1.165) is 5.39 Å². The van der Waals surface area contributed by atoms with Crippen LogP contribution in [0.1, 0.15) is 20.8 Å². The number of aromatic carboxylic acids is 2. The lowest BCUT2D eigenvalue weighted by atomic mass is 10.00. The largest absolute Gasteiger partial charge is 0.478 e. The number of carboxylic acid groups (broad SMARTS) is 2. The van der Waals surface area contributed by atoms with Crippen molar-refractivity contribution in [3.8, 4) is 11.1 Å². The van der Waals surface area contributed by atoms with Crippen molar-refractivity contribution in [3.63, 3.8) is 0 Å². The zero-order valence-corrected chi connectivity index (χ0v) is 10.8. The Balaban J connectivity index is 2.33. The van der Waals surface area contributed by atoms with Crippen LogP contribution >= 0.6 is 0 Å². The molecule has 1 aromatic heterocycles. The van der Waals surface area contributed by atoms with Crippen molar-refractivity contribution in [2.75, 3.05) is 0 Å². The number of hydrogen-bond donors (Lipinski definition) is 3. The summed E-state index contributed by atoms with van der Waals surface area (Å²) in [5.41, 5.74) is 1.93. The van der Waals surface area contributed by atoms with Crippen LogP contribution in [0, 0.1) is 0 Å². The van der Waals surface area contributed by atoms with Crippen LogP contribution in [-0.2, 0) is 0 Å². The molecular formula is C16H11NO4. The fourth-order valence-electron chi connectivity index (χ4n) is 2.41. The second kappa shape index (κ2) is 4.79. The summed E-state index contributed by atoms with van der Waals surface area (Å²) in [6.45, 7) is 0. The Kier molecular flexibility index (Phi) is 2.95. The summed E-state index contributed by atoms with van der Waals surface area (Å²) in [6, 6.07) is 13.5. The average molecular weight is 281 g/mol. The Hall–Kier alpha value is -3.08.